The second-order valence-electron chi connectivity index (χ2n) is 8.40. The zero-order valence-electron chi connectivity index (χ0n) is 16.4. The van der Waals surface area contributed by atoms with Crippen LogP contribution in [0.1, 0.15) is 44.5 Å². The van der Waals surface area contributed by atoms with Crippen molar-refractivity contribution < 1.29 is 13.9 Å². The first kappa shape index (κ1) is 18.4. The SMILES string of the molecule is CC(C)(F)CNc1ncc2c(-c3ccc4c(c3)OC(C)(C)CC4=O)c[nH]c2n1. The molecule has 1 aromatic carbocycles. The number of ketones is 1. The summed E-state index contributed by atoms with van der Waals surface area (Å²) < 4.78 is 19.7. The number of benzene rings is 1. The molecule has 0 atom stereocenters. The summed E-state index contributed by atoms with van der Waals surface area (Å²) in [7, 11) is 0. The van der Waals surface area contributed by atoms with Gasteiger partial charge in [-0.05, 0) is 45.4 Å². The Labute approximate surface area is 162 Å². The fraction of sp³-hybridized carbons (Fsp3) is 0.381. The number of aromatic amines is 1. The fourth-order valence-electron chi connectivity index (χ4n) is 3.34. The molecule has 0 saturated heterocycles. The minimum Gasteiger partial charge on any atom is -0.487 e. The van der Waals surface area contributed by atoms with Gasteiger partial charge in [0.2, 0.25) is 5.95 Å². The molecule has 0 aliphatic carbocycles. The molecule has 3 aromatic rings. The largest absolute Gasteiger partial charge is 0.487 e. The van der Waals surface area contributed by atoms with E-state index in [-0.39, 0.29) is 12.3 Å². The number of carbonyl (C=O) groups excluding carboxylic acids is 1. The summed E-state index contributed by atoms with van der Waals surface area (Å²) in [6.45, 7) is 6.93. The van der Waals surface area contributed by atoms with Crippen molar-refractivity contribution in [3.8, 4) is 16.9 Å². The molecule has 0 amide bonds. The zero-order chi connectivity index (χ0) is 20.1. The molecule has 28 heavy (non-hydrogen) atoms. The number of nitrogens with one attached hydrogen (secondary N) is 2. The highest BCUT2D eigenvalue weighted by atomic mass is 19.1. The van der Waals surface area contributed by atoms with Gasteiger partial charge < -0.3 is 15.0 Å². The number of fused-ring (bicyclic) bond motifs is 2. The van der Waals surface area contributed by atoms with Gasteiger partial charge in [0.15, 0.2) is 5.78 Å². The molecule has 0 radical (unpaired) electrons. The zero-order valence-corrected chi connectivity index (χ0v) is 16.4. The molecule has 2 aromatic heterocycles. The van der Waals surface area contributed by atoms with Crippen LogP contribution in [0.5, 0.6) is 5.75 Å². The quantitative estimate of drug-likeness (QED) is 0.693. The lowest BCUT2D eigenvalue weighted by Crippen LogP contribution is -2.35. The number of Topliss-reactive ketones (excluding diaryl/α,β-unsaturated/α-hetero) is 1. The van der Waals surface area contributed by atoms with E-state index in [1.807, 2.05) is 32.2 Å². The van der Waals surface area contributed by atoms with Gasteiger partial charge in [-0.3, -0.25) is 4.79 Å². The molecule has 4 rings (SSSR count). The minimum atomic E-state index is -1.35. The Bertz CT molecular complexity index is 1070. The van der Waals surface area contributed by atoms with Gasteiger partial charge in [0.25, 0.3) is 0 Å². The van der Waals surface area contributed by atoms with Crippen LogP contribution in [0.25, 0.3) is 22.2 Å². The van der Waals surface area contributed by atoms with Gasteiger partial charge in [0.05, 0.1) is 18.5 Å². The van der Waals surface area contributed by atoms with Gasteiger partial charge in [0.1, 0.15) is 22.7 Å². The fourth-order valence-corrected chi connectivity index (χ4v) is 3.34. The van der Waals surface area contributed by atoms with Gasteiger partial charge in [0, 0.05) is 23.3 Å². The maximum absolute atomic E-state index is 13.7. The van der Waals surface area contributed by atoms with Crippen LogP contribution in [0, 0.1) is 0 Å². The Hall–Kier alpha value is -2.96. The predicted molar refractivity (Wildman–Crippen MR) is 107 cm³/mol. The molecule has 3 heterocycles. The molecule has 2 N–H and O–H groups in total. The van der Waals surface area contributed by atoms with Crippen molar-refractivity contribution in [1.82, 2.24) is 15.0 Å². The molecule has 0 bridgehead atoms. The summed E-state index contributed by atoms with van der Waals surface area (Å²) in [5, 5.41) is 3.75. The van der Waals surface area contributed by atoms with Gasteiger partial charge in [-0.25, -0.2) is 9.37 Å². The number of ether oxygens (including phenoxy) is 1. The first-order chi connectivity index (χ1) is 13.1. The van der Waals surface area contributed by atoms with Crippen molar-refractivity contribution in [2.24, 2.45) is 0 Å². The molecule has 1 aliphatic rings. The lowest BCUT2D eigenvalue weighted by Gasteiger charge is -2.31. The van der Waals surface area contributed by atoms with Crippen molar-refractivity contribution in [2.75, 3.05) is 11.9 Å². The predicted octanol–water partition coefficient (Wildman–Crippen LogP) is 4.53. The topological polar surface area (TPSA) is 79.9 Å². The highest BCUT2D eigenvalue weighted by molar-refractivity contribution is 6.02. The van der Waals surface area contributed by atoms with E-state index >= 15 is 0 Å². The summed E-state index contributed by atoms with van der Waals surface area (Å²) >= 11 is 0. The van der Waals surface area contributed by atoms with Crippen LogP contribution in [0.4, 0.5) is 10.3 Å². The number of H-pyrrole nitrogens is 1. The van der Waals surface area contributed by atoms with E-state index < -0.39 is 11.3 Å². The second-order valence-corrected chi connectivity index (χ2v) is 8.40. The number of hydrogen-bond acceptors (Lipinski definition) is 5. The number of nitrogens with zero attached hydrogens (tertiary/aromatic N) is 2. The molecule has 146 valence electrons. The third-order valence-corrected chi connectivity index (χ3v) is 4.66. The molecule has 1 aliphatic heterocycles. The number of hydrogen-bond donors (Lipinski definition) is 2. The molecule has 0 spiro atoms. The lowest BCUT2D eigenvalue weighted by molar-refractivity contribution is 0.0620. The van der Waals surface area contributed by atoms with Crippen molar-refractivity contribution in [1.29, 1.82) is 0 Å². The van der Waals surface area contributed by atoms with Crippen LogP contribution in [0.3, 0.4) is 0 Å². The highest BCUT2D eigenvalue weighted by Crippen LogP contribution is 2.37. The van der Waals surface area contributed by atoms with Gasteiger partial charge in [-0.15, -0.1) is 0 Å². The van der Waals surface area contributed by atoms with E-state index in [1.165, 1.54) is 13.8 Å². The number of halogens is 1. The van der Waals surface area contributed by atoms with Crippen LogP contribution in [-0.4, -0.2) is 38.5 Å². The van der Waals surface area contributed by atoms with Gasteiger partial charge in [-0.2, -0.15) is 4.98 Å². The Balaban J connectivity index is 1.68. The highest BCUT2D eigenvalue weighted by Gasteiger charge is 2.32. The van der Waals surface area contributed by atoms with Crippen LogP contribution >= 0.6 is 0 Å². The second kappa shape index (κ2) is 6.29. The van der Waals surface area contributed by atoms with Crippen molar-refractivity contribution >= 4 is 22.8 Å². The molecule has 0 fully saturated rings. The van der Waals surface area contributed by atoms with Gasteiger partial charge >= 0.3 is 0 Å². The Morgan fingerprint density at radius 1 is 1.32 bits per heavy atom. The standard InChI is InChI=1S/C21H23FN4O2/c1-20(2,22)11-25-19-24-10-15-14(9-23-18(15)26-19)12-5-6-13-16(27)8-21(3,4)28-17(13)7-12/h5-7,9-10H,8,11H2,1-4H3,(H2,23,24,25,26). The van der Waals surface area contributed by atoms with E-state index in [2.05, 4.69) is 20.3 Å². The normalized spacial score (nSPS) is 16.0. The van der Waals surface area contributed by atoms with E-state index in [0.717, 1.165) is 16.5 Å². The number of carbonyl (C=O) groups is 1. The first-order valence-electron chi connectivity index (χ1n) is 9.25. The van der Waals surface area contributed by atoms with Crippen LogP contribution in [0.15, 0.2) is 30.6 Å². The summed E-state index contributed by atoms with van der Waals surface area (Å²) in [6, 6.07) is 5.59. The van der Waals surface area contributed by atoms with Crippen LogP contribution in [-0.2, 0) is 0 Å². The molecular weight excluding hydrogens is 359 g/mol. The minimum absolute atomic E-state index is 0.0894. The van der Waals surface area contributed by atoms with Gasteiger partial charge in [-0.1, -0.05) is 6.07 Å². The first-order valence-corrected chi connectivity index (χ1v) is 9.25. The van der Waals surface area contributed by atoms with E-state index in [4.69, 9.17) is 4.74 Å². The van der Waals surface area contributed by atoms with Crippen LogP contribution < -0.4 is 10.1 Å². The Morgan fingerprint density at radius 3 is 2.86 bits per heavy atom. The van der Waals surface area contributed by atoms with Crippen molar-refractivity contribution in [3.63, 3.8) is 0 Å². The molecular formula is C21H23FN4O2. The third kappa shape index (κ3) is 3.56. The average molecular weight is 382 g/mol. The average Bonchev–Trinajstić information content (AvgIpc) is 3.01. The maximum Gasteiger partial charge on any atom is 0.224 e. The summed E-state index contributed by atoms with van der Waals surface area (Å²) in [6.07, 6.45) is 3.92. The van der Waals surface area contributed by atoms with Crippen molar-refractivity contribution in [2.45, 2.75) is 45.4 Å². The van der Waals surface area contributed by atoms with E-state index in [9.17, 15) is 9.18 Å². The monoisotopic (exact) mass is 382 g/mol. The Kier molecular flexibility index (Phi) is 4.14. The number of aromatic nitrogens is 3. The summed E-state index contributed by atoms with van der Waals surface area (Å²) in [5.74, 6) is 1.05. The smallest absolute Gasteiger partial charge is 0.224 e. The Morgan fingerprint density at radius 2 is 2.11 bits per heavy atom. The van der Waals surface area contributed by atoms with E-state index in [0.29, 0.717) is 29.3 Å². The molecule has 0 unspecified atom stereocenters. The third-order valence-electron chi connectivity index (χ3n) is 4.66. The maximum atomic E-state index is 13.7. The summed E-state index contributed by atoms with van der Waals surface area (Å²) in [4.78, 5) is 24.2. The number of rotatable bonds is 4. The van der Waals surface area contributed by atoms with Crippen LogP contribution in [0.2, 0.25) is 0 Å². The van der Waals surface area contributed by atoms with Crippen molar-refractivity contribution in [3.05, 3.63) is 36.2 Å². The molecule has 6 nitrogen and oxygen atoms in total. The summed E-state index contributed by atoms with van der Waals surface area (Å²) in [5.41, 5.74) is 1.21. The lowest BCUT2D eigenvalue weighted by atomic mass is 9.91. The number of alkyl halides is 1. The van der Waals surface area contributed by atoms with E-state index in [1.54, 1.807) is 12.3 Å². The molecule has 0 saturated carbocycles. The molecule has 7 heteroatoms. The number of anilines is 1.